The Morgan fingerprint density at radius 1 is 1.09 bits per heavy atom. The minimum absolute atomic E-state index is 0.0362. The molecule has 1 saturated heterocycles. The van der Waals surface area contributed by atoms with Crippen LogP contribution in [0.3, 0.4) is 0 Å². The van der Waals surface area contributed by atoms with Crippen LogP contribution in [0.1, 0.15) is 47.7 Å². The number of benzene rings is 2. The summed E-state index contributed by atoms with van der Waals surface area (Å²) in [5, 5.41) is 12.3. The summed E-state index contributed by atoms with van der Waals surface area (Å²) < 4.78 is 5.29. The molecule has 0 aromatic heterocycles. The van der Waals surface area contributed by atoms with Crippen molar-refractivity contribution in [3.63, 3.8) is 0 Å². The van der Waals surface area contributed by atoms with Gasteiger partial charge in [0.15, 0.2) is 0 Å². The minimum Gasteiger partial charge on any atom is -0.481 e. The van der Waals surface area contributed by atoms with Crippen molar-refractivity contribution in [1.82, 2.24) is 10.2 Å². The van der Waals surface area contributed by atoms with Crippen molar-refractivity contribution in [2.24, 2.45) is 5.73 Å². The van der Waals surface area contributed by atoms with E-state index >= 15 is 0 Å². The number of aliphatic carboxylic acids is 1. The first-order chi connectivity index (χ1) is 16.3. The number of carboxylic acids is 1. The summed E-state index contributed by atoms with van der Waals surface area (Å²) in [6.07, 6.45) is 1.02. The van der Waals surface area contributed by atoms with Crippen LogP contribution < -0.4 is 11.1 Å². The van der Waals surface area contributed by atoms with Crippen LogP contribution in [0.5, 0.6) is 0 Å². The molecule has 3 rings (SSSR count). The van der Waals surface area contributed by atoms with Gasteiger partial charge in [0, 0.05) is 25.1 Å². The van der Waals surface area contributed by atoms with E-state index in [1.807, 2.05) is 49.4 Å². The van der Waals surface area contributed by atoms with Crippen LogP contribution in [0.15, 0.2) is 54.6 Å². The zero-order valence-corrected chi connectivity index (χ0v) is 19.5. The molecule has 4 N–H and O–H groups in total. The zero-order valence-electron chi connectivity index (χ0n) is 19.5. The van der Waals surface area contributed by atoms with Crippen LogP contribution in [0.2, 0.25) is 0 Å². The molecule has 34 heavy (non-hydrogen) atoms. The highest BCUT2D eigenvalue weighted by Gasteiger charge is 2.34. The Balaban J connectivity index is 1.67. The number of carboxylic acid groups (broad SMARTS) is 1. The van der Waals surface area contributed by atoms with Gasteiger partial charge in [-0.3, -0.25) is 14.4 Å². The van der Waals surface area contributed by atoms with Crippen LogP contribution in [0.25, 0.3) is 0 Å². The van der Waals surface area contributed by atoms with Crippen LogP contribution >= 0.6 is 0 Å². The number of hydrogen-bond acceptors (Lipinski definition) is 5. The normalized spacial score (nSPS) is 16.4. The molecule has 0 spiro atoms. The van der Waals surface area contributed by atoms with Gasteiger partial charge < -0.3 is 25.8 Å². The van der Waals surface area contributed by atoms with Gasteiger partial charge in [0.25, 0.3) is 5.91 Å². The fraction of sp³-hybridized carbons (Fsp3) is 0.423. The Labute approximate surface area is 200 Å². The molecule has 2 aromatic rings. The van der Waals surface area contributed by atoms with E-state index in [0.717, 1.165) is 11.1 Å². The third-order valence-corrected chi connectivity index (χ3v) is 6.35. The predicted octanol–water partition coefficient (Wildman–Crippen LogP) is 2.32. The van der Waals surface area contributed by atoms with Crippen molar-refractivity contribution in [2.45, 2.75) is 44.2 Å². The van der Waals surface area contributed by atoms with Crippen molar-refractivity contribution in [3.05, 3.63) is 71.3 Å². The van der Waals surface area contributed by atoms with Crippen molar-refractivity contribution in [2.75, 3.05) is 26.3 Å². The number of carbonyl (C=O) groups excluding carboxylic acids is 2. The fourth-order valence-electron chi connectivity index (χ4n) is 4.23. The highest BCUT2D eigenvalue weighted by Crippen LogP contribution is 2.30. The van der Waals surface area contributed by atoms with Crippen LogP contribution in [0.4, 0.5) is 0 Å². The van der Waals surface area contributed by atoms with E-state index in [1.54, 1.807) is 17.0 Å². The quantitative estimate of drug-likeness (QED) is 0.493. The number of rotatable bonds is 10. The zero-order chi connectivity index (χ0) is 24.6. The summed E-state index contributed by atoms with van der Waals surface area (Å²) in [7, 11) is 0. The number of amides is 2. The summed E-state index contributed by atoms with van der Waals surface area (Å²) in [6.45, 7) is 4.16. The average Bonchev–Trinajstić information content (AvgIpc) is 2.87. The van der Waals surface area contributed by atoms with Gasteiger partial charge in [-0.15, -0.1) is 0 Å². The molecule has 0 radical (unpaired) electrons. The van der Waals surface area contributed by atoms with Gasteiger partial charge in [0.2, 0.25) is 5.91 Å². The molecule has 0 saturated carbocycles. The average molecular weight is 468 g/mol. The van der Waals surface area contributed by atoms with Crippen molar-refractivity contribution >= 4 is 17.8 Å². The molecule has 8 heteroatoms. The molecule has 0 bridgehead atoms. The molecule has 1 unspecified atom stereocenters. The second-order valence-corrected chi connectivity index (χ2v) is 8.60. The maximum Gasteiger partial charge on any atom is 0.303 e. The first-order valence-corrected chi connectivity index (χ1v) is 11.7. The van der Waals surface area contributed by atoms with E-state index in [-0.39, 0.29) is 24.7 Å². The van der Waals surface area contributed by atoms with E-state index < -0.39 is 17.6 Å². The highest BCUT2D eigenvalue weighted by atomic mass is 16.5. The SMILES string of the molecule is CCC(CCC(=O)O)(NC(=O)[C@@H](N)Cc1ccc(C(=O)N2CCOCC2)cc1)c1ccccc1. The van der Waals surface area contributed by atoms with Gasteiger partial charge in [-0.25, -0.2) is 0 Å². The number of nitrogens with two attached hydrogens (primary N) is 1. The molecule has 2 aromatic carbocycles. The Hall–Kier alpha value is -3.23. The Bertz CT molecular complexity index is 974. The molecule has 0 aliphatic carbocycles. The summed E-state index contributed by atoms with van der Waals surface area (Å²) in [5.41, 5.74) is 7.71. The summed E-state index contributed by atoms with van der Waals surface area (Å²) >= 11 is 0. The molecule has 1 heterocycles. The minimum atomic E-state index is -0.918. The van der Waals surface area contributed by atoms with Crippen LogP contribution in [0, 0.1) is 0 Å². The van der Waals surface area contributed by atoms with Crippen molar-refractivity contribution < 1.29 is 24.2 Å². The Kier molecular flexibility index (Phi) is 8.79. The molecule has 182 valence electrons. The lowest BCUT2D eigenvalue weighted by molar-refractivity contribution is -0.138. The van der Waals surface area contributed by atoms with Gasteiger partial charge in [-0.05, 0) is 42.5 Å². The number of nitrogens with one attached hydrogen (secondary N) is 1. The Morgan fingerprint density at radius 3 is 2.32 bits per heavy atom. The second-order valence-electron chi connectivity index (χ2n) is 8.60. The first-order valence-electron chi connectivity index (χ1n) is 11.7. The fourth-order valence-corrected chi connectivity index (χ4v) is 4.23. The largest absolute Gasteiger partial charge is 0.481 e. The topological polar surface area (TPSA) is 122 Å². The smallest absolute Gasteiger partial charge is 0.303 e. The third-order valence-electron chi connectivity index (χ3n) is 6.35. The maximum absolute atomic E-state index is 13.1. The van der Waals surface area contributed by atoms with Gasteiger partial charge in [0.05, 0.1) is 24.8 Å². The molecule has 8 nitrogen and oxygen atoms in total. The number of nitrogens with zero attached hydrogens (tertiary/aromatic N) is 1. The lowest BCUT2D eigenvalue weighted by Gasteiger charge is -2.35. The van der Waals surface area contributed by atoms with Crippen molar-refractivity contribution in [3.8, 4) is 0 Å². The van der Waals surface area contributed by atoms with Gasteiger partial charge in [0.1, 0.15) is 0 Å². The standard InChI is InChI=1S/C26H33N3O5/c1-2-26(13-12-23(30)31,21-6-4-3-5-7-21)28-24(32)22(27)18-19-8-10-20(11-9-19)25(33)29-14-16-34-17-15-29/h3-11,22H,2,12-18,27H2,1H3,(H,28,32)(H,30,31)/t22-,26?/m0/s1. The molecular weight excluding hydrogens is 434 g/mol. The van der Waals surface area contributed by atoms with Crippen LogP contribution in [-0.2, 0) is 26.3 Å². The molecule has 2 amide bonds. The molecule has 1 fully saturated rings. The lowest BCUT2D eigenvalue weighted by atomic mass is 9.82. The monoisotopic (exact) mass is 467 g/mol. The molecule has 2 atom stereocenters. The van der Waals surface area contributed by atoms with Gasteiger partial charge >= 0.3 is 5.97 Å². The highest BCUT2D eigenvalue weighted by molar-refractivity contribution is 5.94. The molecule has 1 aliphatic rings. The second kappa shape index (κ2) is 11.8. The van der Waals surface area contributed by atoms with Crippen LogP contribution in [-0.4, -0.2) is 60.1 Å². The summed E-state index contributed by atoms with van der Waals surface area (Å²) in [4.78, 5) is 38.7. The first kappa shape index (κ1) is 25.4. The number of hydrogen-bond donors (Lipinski definition) is 3. The van der Waals surface area contributed by atoms with Crippen molar-refractivity contribution in [1.29, 1.82) is 0 Å². The molecule has 1 aliphatic heterocycles. The maximum atomic E-state index is 13.1. The van der Waals surface area contributed by atoms with E-state index in [2.05, 4.69) is 5.32 Å². The number of morpholine rings is 1. The van der Waals surface area contributed by atoms with Gasteiger partial charge in [-0.1, -0.05) is 49.4 Å². The summed E-state index contributed by atoms with van der Waals surface area (Å²) in [5.74, 6) is -1.30. The number of carbonyl (C=O) groups is 3. The summed E-state index contributed by atoms with van der Waals surface area (Å²) in [6, 6.07) is 15.7. The number of ether oxygens (including phenoxy) is 1. The van der Waals surface area contributed by atoms with E-state index in [1.165, 1.54) is 0 Å². The predicted molar refractivity (Wildman–Crippen MR) is 128 cm³/mol. The van der Waals surface area contributed by atoms with E-state index in [9.17, 15) is 19.5 Å². The van der Waals surface area contributed by atoms with E-state index in [0.29, 0.717) is 44.7 Å². The third kappa shape index (κ3) is 6.42. The van der Waals surface area contributed by atoms with E-state index in [4.69, 9.17) is 10.5 Å². The van der Waals surface area contributed by atoms with Gasteiger partial charge in [-0.2, -0.15) is 0 Å². The lowest BCUT2D eigenvalue weighted by Crippen LogP contribution is -2.52. The Morgan fingerprint density at radius 2 is 1.74 bits per heavy atom. The molecular formula is C26H33N3O5.